The van der Waals surface area contributed by atoms with Gasteiger partial charge in [-0.05, 0) is 26.0 Å². The van der Waals surface area contributed by atoms with Gasteiger partial charge in [0.1, 0.15) is 5.65 Å². The lowest BCUT2D eigenvalue weighted by molar-refractivity contribution is 0.870. The van der Waals surface area contributed by atoms with Gasteiger partial charge < -0.3 is 15.6 Å². The number of hydrogen-bond acceptors (Lipinski definition) is 5. The lowest BCUT2D eigenvalue weighted by Gasteiger charge is -2.22. The molecule has 0 fully saturated rings. The van der Waals surface area contributed by atoms with E-state index in [9.17, 15) is 0 Å². The molecule has 0 aliphatic heterocycles. The minimum atomic E-state index is 0.273. The smallest absolute Gasteiger partial charge is 0.220 e. The molecule has 21 heavy (non-hydrogen) atoms. The van der Waals surface area contributed by atoms with Crippen LogP contribution >= 0.6 is 0 Å². The van der Waals surface area contributed by atoms with Gasteiger partial charge in [-0.15, -0.1) is 0 Å². The van der Waals surface area contributed by atoms with Gasteiger partial charge in [0.25, 0.3) is 0 Å². The molecular formula is C15H18N6. The monoisotopic (exact) mass is 282 g/mol. The van der Waals surface area contributed by atoms with Crippen LogP contribution in [0.4, 0.5) is 11.6 Å². The number of nitrogens with one attached hydrogen (secondary N) is 1. The average molecular weight is 282 g/mol. The molecule has 108 valence electrons. The van der Waals surface area contributed by atoms with Crippen LogP contribution in [-0.2, 0) is 0 Å². The maximum Gasteiger partial charge on any atom is 0.220 e. The molecule has 0 saturated carbocycles. The van der Waals surface area contributed by atoms with Gasteiger partial charge in [-0.1, -0.05) is 0 Å². The van der Waals surface area contributed by atoms with Crippen LogP contribution in [0.3, 0.4) is 0 Å². The second kappa shape index (κ2) is 5.40. The number of fused-ring (bicyclic) bond motifs is 1. The van der Waals surface area contributed by atoms with Gasteiger partial charge in [0, 0.05) is 42.9 Å². The van der Waals surface area contributed by atoms with Crippen LogP contribution in [0.2, 0.25) is 0 Å². The summed E-state index contributed by atoms with van der Waals surface area (Å²) >= 11 is 0. The van der Waals surface area contributed by atoms with Crippen molar-refractivity contribution in [3.05, 3.63) is 30.7 Å². The molecule has 0 unspecified atom stereocenters. The van der Waals surface area contributed by atoms with Crippen molar-refractivity contribution in [3.8, 4) is 11.3 Å². The van der Waals surface area contributed by atoms with Gasteiger partial charge in [-0.3, -0.25) is 0 Å². The van der Waals surface area contributed by atoms with Crippen LogP contribution in [0.5, 0.6) is 0 Å². The van der Waals surface area contributed by atoms with Crippen molar-refractivity contribution < 1.29 is 0 Å². The highest BCUT2D eigenvalue weighted by molar-refractivity contribution is 6.01. The zero-order chi connectivity index (χ0) is 14.8. The Bertz CT molecular complexity index is 760. The Kier molecular flexibility index (Phi) is 3.43. The first-order chi connectivity index (χ1) is 10.2. The largest absolute Gasteiger partial charge is 0.371 e. The maximum absolute atomic E-state index is 5.70. The molecule has 3 rings (SSSR count). The van der Waals surface area contributed by atoms with Gasteiger partial charge in [0.2, 0.25) is 5.95 Å². The van der Waals surface area contributed by atoms with Crippen LogP contribution in [-0.4, -0.2) is 33.0 Å². The SMILES string of the molecule is CCN(CC)c1ccnc2[nH]cc(-c3ccnc(N)n3)c12. The van der Waals surface area contributed by atoms with E-state index in [1.165, 1.54) is 0 Å². The molecule has 0 spiro atoms. The molecule has 0 aliphatic carbocycles. The summed E-state index contributed by atoms with van der Waals surface area (Å²) in [6, 6.07) is 3.90. The van der Waals surface area contributed by atoms with Crippen LogP contribution in [0.1, 0.15) is 13.8 Å². The zero-order valence-corrected chi connectivity index (χ0v) is 12.2. The van der Waals surface area contributed by atoms with Crippen LogP contribution < -0.4 is 10.6 Å². The third-order valence-electron chi connectivity index (χ3n) is 3.61. The molecule has 0 bridgehead atoms. The van der Waals surface area contributed by atoms with Crippen LogP contribution in [0.15, 0.2) is 30.7 Å². The first kappa shape index (κ1) is 13.4. The number of H-pyrrole nitrogens is 1. The van der Waals surface area contributed by atoms with E-state index in [2.05, 4.69) is 38.7 Å². The highest BCUT2D eigenvalue weighted by atomic mass is 15.1. The molecule has 6 heteroatoms. The summed E-state index contributed by atoms with van der Waals surface area (Å²) in [6.07, 6.45) is 5.42. The first-order valence-electron chi connectivity index (χ1n) is 7.04. The van der Waals surface area contributed by atoms with E-state index in [-0.39, 0.29) is 5.95 Å². The number of nitrogens with zero attached hydrogens (tertiary/aromatic N) is 4. The van der Waals surface area contributed by atoms with Gasteiger partial charge in [0.15, 0.2) is 0 Å². The van der Waals surface area contributed by atoms with Crippen LogP contribution in [0.25, 0.3) is 22.3 Å². The Labute approximate surface area is 123 Å². The van der Waals surface area contributed by atoms with E-state index in [1.807, 2.05) is 24.5 Å². The number of hydrogen-bond donors (Lipinski definition) is 2. The fraction of sp³-hybridized carbons (Fsp3) is 0.267. The molecule has 0 saturated heterocycles. The molecule has 0 amide bonds. The predicted molar refractivity (Wildman–Crippen MR) is 85.1 cm³/mol. The zero-order valence-electron chi connectivity index (χ0n) is 12.2. The molecule has 0 atom stereocenters. The number of aromatic amines is 1. The normalized spacial score (nSPS) is 11.0. The number of pyridine rings is 1. The summed E-state index contributed by atoms with van der Waals surface area (Å²) in [4.78, 5) is 18.2. The van der Waals surface area contributed by atoms with E-state index in [0.29, 0.717) is 0 Å². The Morgan fingerprint density at radius 2 is 1.90 bits per heavy atom. The number of rotatable bonds is 4. The number of nitrogens with two attached hydrogens (primary N) is 1. The fourth-order valence-electron chi connectivity index (χ4n) is 2.59. The molecule has 3 aromatic heterocycles. The fourth-order valence-corrected chi connectivity index (χ4v) is 2.59. The summed E-state index contributed by atoms with van der Waals surface area (Å²) in [5, 5.41) is 1.07. The lowest BCUT2D eigenvalue weighted by atomic mass is 10.1. The second-order valence-electron chi connectivity index (χ2n) is 4.73. The first-order valence-corrected chi connectivity index (χ1v) is 7.04. The van der Waals surface area contributed by atoms with E-state index < -0.39 is 0 Å². The van der Waals surface area contributed by atoms with Gasteiger partial charge >= 0.3 is 0 Å². The average Bonchev–Trinajstić information content (AvgIpc) is 2.93. The Morgan fingerprint density at radius 1 is 1.14 bits per heavy atom. The minimum Gasteiger partial charge on any atom is -0.371 e. The predicted octanol–water partition coefficient (Wildman–Crippen LogP) is 2.45. The van der Waals surface area contributed by atoms with Crippen molar-refractivity contribution in [1.29, 1.82) is 0 Å². The topological polar surface area (TPSA) is 83.7 Å². The summed E-state index contributed by atoms with van der Waals surface area (Å²) in [5.74, 6) is 0.273. The third kappa shape index (κ3) is 2.29. The van der Waals surface area contributed by atoms with Crippen molar-refractivity contribution >= 4 is 22.7 Å². The second-order valence-corrected chi connectivity index (χ2v) is 4.73. The Morgan fingerprint density at radius 3 is 2.62 bits per heavy atom. The molecule has 3 heterocycles. The van der Waals surface area contributed by atoms with Gasteiger partial charge in [0.05, 0.1) is 11.1 Å². The van der Waals surface area contributed by atoms with E-state index in [4.69, 9.17) is 5.73 Å². The molecular weight excluding hydrogens is 264 g/mol. The number of nitrogen functional groups attached to an aromatic ring is 1. The highest BCUT2D eigenvalue weighted by Crippen LogP contribution is 2.33. The Hall–Kier alpha value is -2.63. The van der Waals surface area contributed by atoms with Gasteiger partial charge in [-0.25, -0.2) is 15.0 Å². The maximum atomic E-state index is 5.70. The summed E-state index contributed by atoms with van der Waals surface area (Å²) in [7, 11) is 0. The minimum absolute atomic E-state index is 0.273. The summed E-state index contributed by atoms with van der Waals surface area (Å²) in [5.41, 5.74) is 9.50. The van der Waals surface area contributed by atoms with E-state index >= 15 is 0 Å². The highest BCUT2D eigenvalue weighted by Gasteiger charge is 2.15. The third-order valence-corrected chi connectivity index (χ3v) is 3.61. The standard InChI is InChI=1S/C15H18N6/c1-3-21(4-2)12-6-8-17-14-13(12)10(9-19-14)11-5-7-18-15(16)20-11/h5-9H,3-4H2,1-2H3,(H,17,19)(H2,16,18,20). The molecule has 0 aliphatic rings. The van der Waals surface area contributed by atoms with E-state index in [0.717, 1.165) is 41.1 Å². The molecule has 3 aromatic rings. The number of aromatic nitrogens is 4. The van der Waals surface area contributed by atoms with Crippen LogP contribution in [0, 0.1) is 0 Å². The molecule has 0 aromatic carbocycles. The summed E-state index contributed by atoms with van der Waals surface area (Å²) in [6.45, 7) is 6.16. The van der Waals surface area contributed by atoms with E-state index in [1.54, 1.807) is 6.20 Å². The lowest BCUT2D eigenvalue weighted by Crippen LogP contribution is -2.22. The Balaban J connectivity index is 2.25. The van der Waals surface area contributed by atoms with Crippen molar-refractivity contribution in [3.63, 3.8) is 0 Å². The molecule has 6 nitrogen and oxygen atoms in total. The molecule has 3 N–H and O–H groups in total. The quantitative estimate of drug-likeness (QED) is 0.768. The van der Waals surface area contributed by atoms with Gasteiger partial charge in [-0.2, -0.15) is 0 Å². The number of anilines is 2. The van der Waals surface area contributed by atoms with Crippen molar-refractivity contribution in [2.24, 2.45) is 0 Å². The van der Waals surface area contributed by atoms with Crippen molar-refractivity contribution in [2.45, 2.75) is 13.8 Å². The van der Waals surface area contributed by atoms with Crippen molar-refractivity contribution in [2.75, 3.05) is 23.7 Å². The molecule has 0 radical (unpaired) electrons. The summed E-state index contributed by atoms with van der Waals surface area (Å²) < 4.78 is 0. The van der Waals surface area contributed by atoms with Crippen molar-refractivity contribution in [1.82, 2.24) is 19.9 Å².